The van der Waals surface area contributed by atoms with E-state index in [1.807, 2.05) is 49.5 Å². The van der Waals surface area contributed by atoms with Crippen LogP contribution in [0.1, 0.15) is 51.5 Å². The molecule has 4 rings (SSSR count). The SMILES string of the molecule is C=CN(/N=C\CCC)c1ccc(-c2ccc(-c3c(F)cc(C)c(N=C(CCC)OC4COC(CO)C4)c3F)cc2)cc1. The zero-order chi connectivity index (χ0) is 30.1. The van der Waals surface area contributed by atoms with Gasteiger partial charge in [-0.05, 0) is 60.2 Å². The van der Waals surface area contributed by atoms with E-state index >= 15 is 8.78 Å². The summed E-state index contributed by atoms with van der Waals surface area (Å²) in [6.45, 7) is 9.80. The third-order valence-corrected chi connectivity index (χ3v) is 7.07. The summed E-state index contributed by atoms with van der Waals surface area (Å²) in [5.74, 6) is -1.01. The van der Waals surface area contributed by atoms with Gasteiger partial charge in [-0.25, -0.2) is 18.8 Å². The number of aliphatic hydroxyl groups excluding tert-OH is 1. The molecule has 42 heavy (non-hydrogen) atoms. The van der Waals surface area contributed by atoms with E-state index in [9.17, 15) is 5.11 Å². The van der Waals surface area contributed by atoms with Crippen molar-refractivity contribution in [1.29, 1.82) is 0 Å². The first-order chi connectivity index (χ1) is 20.4. The number of ether oxygens (including phenoxy) is 2. The van der Waals surface area contributed by atoms with E-state index in [-0.39, 0.29) is 30.1 Å². The minimum absolute atomic E-state index is 0.0560. The van der Waals surface area contributed by atoms with Gasteiger partial charge >= 0.3 is 0 Å². The van der Waals surface area contributed by atoms with Gasteiger partial charge in [0.2, 0.25) is 0 Å². The number of aryl methyl sites for hydroxylation is 1. The summed E-state index contributed by atoms with van der Waals surface area (Å²) < 4.78 is 42.6. The molecular weight excluding hydrogens is 536 g/mol. The van der Waals surface area contributed by atoms with E-state index in [1.54, 1.807) is 30.3 Å². The van der Waals surface area contributed by atoms with E-state index in [0.717, 1.165) is 36.1 Å². The first-order valence-corrected chi connectivity index (χ1v) is 14.5. The van der Waals surface area contributed by atoms with Gasteiger partial charge in [0.15, 0.2) is 11.7 Å². The molecule has 3 aromatic carbocycles. The summed E-state index contributed by atoms with van der Waals surface area (Å²) in [6, 6.07) is 16.3. The quantitative estimate of drug-likeness (QED) is 0.134. The highest BCUT2D eigenvalue weighted by Gasteiger charge is 2.27. The normalized spacial score (nSPS) is 17.1. The first kappa shape index (κ1) is 31.1. The maximum atomic E-state index is 15.9. The third-order valence-electron chi connectivity index (χ3n) is 7.07. The molecule has 1 fully saturated rings. The first-order valence-electron chi connectivity index (χ1n) is 14.5. The number of benzene rings is 3. The van der Waals surface area contributed by atoms with Crippen LogP contribution < -0.4 is 5.01 Å². The van der Waals surface area contributed by atoms with E-state index in [1.165, 1.54) is 6.07 Å². The standard InChI is InChI=1S/C34H39F2N3O3/c1-5-8-18-37-39(7-3)27-16-14-25(15-17-27)24-10-12-26(13-11-24)32-30(35)19-23(4)34(33(32)36)38-31(9-6-2)42-29-20-28(21-40)41-22-29/h7,10-19,28-29,40H,3,5-6,8-9,20-22H2,1-2,4H3/b37-18-,38-31?. The Morgan fingerprint density at radius 3 is 2.33 bits per heavy atom. The number of nitrogens with zero attached hydrogens (tertiary/aromatic N) is 3. The average molecular weight is 576 g/mol. The fraction of sp³-hybridized carbons (Fsp3) is 0.353. The second-order valence-corrected chi connectivity index (χ2v) is 10.3. The van der Waals surface area contributed by atoms with E-state index in [4.69, 9.17) is 9.47 Å². The molecule has 6 nitrogen and oxygen atoms in total. The minimum Gasteiger partial charge on any atom is -0.475 e. The van der Waals surface area contributed by atoms with Crippen LogP contribution in [0.25, 0.3) is 22.3 Å². The summed E-state index contributed by atoms with van der Waals surface area (Å²) in [7, 11) is 0. The summed E-state index contributed by atoms with van der Waals surface area (Å²) in [4.78, 5) is 4.52. The number of hydrogen-bond donors (Lipinski definition) is 1. The molecular formula is C34H39F2N3O3. The molecule has 1 aliphatic rings. The number of unbranched alkanes of at least 4 members (excludes halogenated alkanes) is 1. The number of aliphatic hydroxyl groups is 1. The highest BCUT2D eigenvalue weighted by Crippen LogP contribution is 2.36. The summed E-state index contributed by atoms with van der Waals surface area (Å²) in [5.41, 5.74) is 3.48. The van der Waals surface area contributed by atoms with Crippen LogP contribution in [0.4, 0.5) is 20.2 Å². The van der Waals surface area contributed by atoms with Crippen LogP contribution in [0.2, 0.25) is 0 Å². The minimum atomic E-state index is -0.731. The molecule has 0 amide bonds. The second kappa shape index (κ2) is 14.8. The van der Waals surface area contributed by atoms with E-state index in [2.05, 4.69) is 23.6 Å². The summed E-state index contributed by atoms with van der Waals surface area (Å²) in [5, 5.41) is 15.5. The monoisotopic (exact) mass is 575 g/mol. The van der Waals surface area contributed by atoms with E-state index in [0.29, 0.717) is 36.5 Å². The number of anilines is 1. The van der Waals surface area contributed by atoms with Crippen molar-refractivity contribution in [1.82, 2.24) is 0 Å². The maximum Gasteiger partial charge on any atom is 0.188 e. The lowest BCUT2D eigenvalue weighted by atomic mass is 9.98. The highest BCUT2D eigenvalue weighted by molar-refractivity contribution is 5.82. The lowest BCUT2D eigenvalue weighted by molar-refractivity contribution is 0.0524. The van der Waals surface area contributed by atoms with Crippen molar-refractivity contribution in [3.63, 3.8) is 0 Å². The summed E-state index contributed by atoms with van der Waals surface area (Å²) >= 11 is 0. The third kappa shape index (κ3) is 7.49. The number of hydrogen-bond acceptors (Lipinski definition) is 6. The van der Waals surface area contributed by atoms with E-state index < -0.39 is 11.6 Å². The molecule has 0 bridgehead atoms. The van der Waals surface area contributed by atoms with Crippen LogP contribution in [-0.2, 0) is 9.47 Å². The molecule has 0 aromatic heterocycles. The van der Waals surface area contributed by atoms with Gasteiger partial charge < -0.3 is 14.6 Å². The highest BCUT2D eigenvalue weighted by atomic mass is 19.1. The molecule has 0 saturated carbocycles. The second-order valence-electron chi connectivity index (χ2n) is 10.3. The Labute approximate surface area is 247 Å². The van der Waals surface area contributed by atoms with Crippen LogP contribution in [0.5, 0.6) is 0 Å². The Hall–Kier alpha value is -3.88. The molecule has 1 saturated heterocycles. The smallest absolute Gasteiger partial charge is 0.188 e. The number of hydrazone groups is 1. The largest absolute Gasteiger partial charge is 0.475 e. The molecule has 2 unspecified atom stereocenters. The molecule has 1 aliphatic heterocycles. The Morgan fingerprint density at radius 1 is 1.07 bits per heavy atom. The zero-order valence-electron chi connectivity index (χ0n) is 24.5. The van der Waals surface area contributed by atoms with Crippen LogP contribution in [-0.4, -0.2) is 42.6 Å². The van der Waals surface area contributed by atoms with Crippen molar-refractivity contribution < 1.29 is 23.4 Å². The van der Waals surface area contributed by atoms with Gasteiger partial charge in [0, 0.05) is 25.3 Å². The van der Waals surface area contributed by atoms with Crippen LogP contribution in [0.3, 0.4) is 0 Å². The molecule has 1 heterocycles. The van der Waals surface area contributed by atoms with Gasteiger partial charge in [-0.2, -0.15) is 5.10 Å². The van der Waals surface area contributed by atoms with Gasteiger partial charge in [-0.15, -0.1) is 0 Å². The molecule has 0 aliphatic carbocycles. The Balaban J connectivity index is 1.58. The lowest BCUT2D eigenvalue weighted by Crippen LogP contribution is -2.19. The zero-order valence-corrected chi connectivity index (χ0v) is 24.5. The Morgan fingerprint density at radius 2 is 1.74 bits per heavy atom. The maximum absolute atomic E-state index is 15.9. The Kier molecular flexibility index (Phi) is 11.0. The predicted octanol–water partition coefficient (Wildman–Crippen LogP) is 8.34. The number of rotatable bonds is 12. The fourth-order valence-electron chi connectivity index (χ4n) is 4.81. The predicted molar refractivity (Wildman–Crippen MR) is 166 cm³/mol. The van der Waals surface area contributed by atoms with Gasteiger partial charge in [0.05, 0.1) is 30.6 Å². The number of halogens is 2. The van der Waals surface area contributed by atoms with Crippen molar-refractivity contribution in [3.05, 3.63) is 84.6 Å². The van der Waals surface area contributed by atoms with Gasteiger partial charge in [-0.1, -0.05) is 63.2 Å². The van der Waals surface area contributed by atoms with Crippen molar-refractivity contribution in [3.8, 4) is 22.3 Å². The van der Waals surface area contributed by atoms with Crippen molar-refractivity contribution in [2.75, 3.05) is 18.2 Å². The molecule has 1 N–H and O–H groups in total. The van der Waals surface area contributed by atoms with Crippen molar-refractivity contribution in [2.45, 2.75) is 65.1 Å². The molecule has 8 heteroatoms. The fourth-order valence-corrected chi connectivity index (χ4v) is 4.81. The molecule has 3 aromatic rings. The van der Waals surface area contributed by atoms with Crippen molar-refractivity contribution in [2.24, 2.45) is 10.1 Å². The lowest BCUT2D eigenvalue weighted by Gasteiger charge is -2.16. The number of aliphatic imine (C=N–C) groups is 1. The van der Waals surface area contributed by atoms with Crippen LogP contribution in [0.15, 0.2) is 77.5 Å². The van der Waals surface area contributed by atoms with Gasteiger partial charge in [-0.3, -0.25) is 0 Å². The average Bonchev–Trinajstić information content (AvgIpc) is 3.45. The van der Waals surface area contributed by atoms with Gasteiger partial charge in [0.25, 0.3) is 0 Å². The van der Waals surface area contributed by atoms with Crippen LogP contribution >= 0.6 is 0 Å². The van der Waals surface area contributed by atoms with Crippen LogP contribution in [0, 0.1) is 18.6 Å². The Bertz CT molecular complexity index is 1410. The summed E-state index contributed by atoms with van der Waals surface area (Å²) in [6.07, 6.45) is 6.65. The topological polar surface area (TPSA) is 66.7 Å². The van der Waals surface area contributed by atoms with Crippen molar-refractivity contribution >= 4 is 23.5 Å². The molecule has 0 radical (unpaired) electrons. The van der Waals surface area contributed by atoms with Gasteiger partial charge in [0.1, 0.15) is 17.6 Å². The molecule has 222 valence electrons. The molecule has 2 atom stereocenters. The molecule has 0 spiro atoms.